The number of piperidine rings is 1. The normalized spacial score (nSPS) is 19.1. The van der Waals surface area contributed by atoms with Crippen molar-refractivity contribution in [2.75, 3.05) is 32.5 Å². The van der Waals surface area contributed by atoms with Crippen LogP contribution in [0.4, 0.5) is 4.39 Å². The first-order valence-corrected chi connectivity index (χ1v) is 13.7. The summed E-state index contributed by atoms with van der Waals surface area (Å²) in [5, 5.41) is 22.1. The molecule has 1 aromatic carbocycles. The van der Waals surface area contributed by atoms with Gasteiger partial charge in [-0.05, 0) is 92.6 Å². The predicted octanol–water partition coefficient (Wildman–Crippen LogP) is 5.19. The summed E-state index contributed by atoms with van der Waals surface area (Å²) >= 11 is 1.54. The second kappa shape index (κ2) is 13.2. The molecule has 0 amide bonds. The van der Waals surface area contributed by atoms with E-state index in [1.54, 1.807) is 19.4 Å². The third kappa shape index (κ3) is 7.63. The standard InChI is InChI=1S/C28H34FN3O4S/c1-36-21-7-8-24-23(17-21)22(10-12-30-24)25(33)9-6-19-11-14-32(18-20(19)16-28(34)35)13-3-15-37-27-5-2-4-26(29)31-27/h2,4-5,7-8,10,12,17,19-20,25,33H,3,6,9,11,13-16,18H2,1H3,(H,34,35)/t19-,20+,25-/m1/s1. The number of nitrogens with zero attached hydrogens (tertiary/aromatic N) is 3. The average molecular weight is 528 g/mol. The summed E-state index contributed by atoms with van der Waals surface area (Å²) in [4.78, 5) is 22.2. The van der Waals surface area contributed by atoms with Crippen molar-refractivity contribution < 1.29 is 24.1 Å². The van der Waals surface area contributed by atoms with Gasteiger partial charge in [-0.1, -0.05) is 6.07 Å². The molecule has 9 heteroatoms. The molecule has 1 fully saturated rings. The van der Waals surface area contributed by atoms with Crippen LogP contribution < -0.4 is 4.74 Å². The second-order valence-corrected chi connectivity index (χ2v) is 10.7. The van der Waals surface area contributed by atoms with Crippen molar-refractivity contribution >= 4 is 28.6 Å². The average Bonchev–Trinajstić information content (AvgIpc) is 2.89. The van der Waals surface area contributed by atoms with Gasteiger partial charge in [0.1, 0.15) is 5.75 Å². The molecule has 4 rings (SSSR count). The number of pyridine rings is 2. The van der Waals surface area contributed by atoms with Crippen LogP contribution in [0.5, 0.6) is 5.75 Å². The fourth-order valence-corrected chi connectivity index (χ4v) is 6.03. The molecule has 0 bridgehead atoms. The molecule has 198 valence electrons. The molecule has 0 spiro atoms. The maximum atomic E-state index is 13.3. The first kappa shape index (κ1) is 27.3. The second-order valence-electron chi connectivity index (χ2n) is 9.58. The zero-order valence-electron chi connectivity index (χ0n) is 21.1. The molecule has 2 aromatic heterocycles. The third-order valence-corrected chi connectivity index (χ3v) is 8.14. The van der Waals surface area contributed by atoms with Crippen LogP contribution in [0.2, 0.25) is 0 Å². The number of carboxylic acid groups (broad SMARTS) is 1. The quantitative estimate of drug-likeness (QED) is 0.189. The minimum absolute atomic E-state index is 0.0465. The molecule has 37 heavy (non-hydrogen) atoms. The number of aromatic nitrogens is 2. The number of methoxy groups -OCH3 is 1. The number of halogens is 1. The number of ether oxygens (including phenoxy) is 1. The number of carboxylic acids is 1. The van der Waals surface area contributed by atoms with Gasteiger partial charge in [-0.15, -0.1) is 11.8 Å². The summed E-state index contributed by atoms with van der Waals surface area (Å²) in [6.07, 6.45) is 4.35. The largest absolute Gasteiger partial charge is 0.497 e. The highest BCUT2D eigenvalue weighted by molar-refractivity contribution is 7.99. The molecule has 3 aromatic rings. The topological polar surface area (TPSA) is 95.8 Å². The van der Waals surface area contributed by atoms with Gasteiger partial charge in [-0.2, -0.15) is 4.39 Å². The van der Waals surface area contributed by atoms with Crippen LogP contribution in [0.1, 0.15) is 43.8 Å². The number of hydrogen-bond acceptors (Lipinski definition) is 7. The summed E-state index contributed by atoms with van der Waals surface area (Å²) in [6, 6.07) is 12.3. The third-order valence-electron chi connectivity index (χ3n) is 7.12. The van der Waals surface area contributed by atoms with Crippen LogP contribution in [-0.4, -0.2) is 63.5 Å². The number of likely N-dealkylation sites (tertiary alicyclic amines) is 1. The molecule has 2 N–H and O–H groups in total. The van der Waals surface area contributed by atoms with E-state index >= 15 is 0 Å². The van der Waals surface area contributed by atoms with Crippen molar-refractivity contribution in [1.29, 1.82) is 0 Å². The highest BCUT2D eigenvalue weighted by Gasteiger charge is 2.31. The molecule has 3 heterocycles. The summed E-state index contributed by atoms with van der Waals surface area (Å²) in [5.41, 5.74) is 1.63. The van der Waals surface area contributed by atoms with Gasteiger partial charge in [0, 0.05) is 30.3 Å². The van der Waals surface area contributed by atoms with Gasteiger partial charge in [0.05, 0.1) is 23.8 Å². The Kier molecular flexibility index (Phi) is 9.71. The number of fused-ring (bicyclic) bond motifs is 1. The van der Waals surface area contributed by atoms with Crippen LogP contribution in [0, 0.1) is 17.8 Å². The molecule has 0 radical (unpaired) electrons. The number of hydrogen-bond donors (Lipinski definition) is 2. The molecular weight excluding hydrogens is 493 g/mol. The Labute approximate surface area is 221 Å². The molecular formula is C28H34FN3O4S. The van der Waals surface area contributed by atoms with Crippen LogP contribution in [0.25, 0.3) is 10.9 Å². The summed E-state index contributed by atoms with van der Waals surface area (Å²) in [7, 11) is 1.61. The molecule has 1 aliphatic rings. The number of carbonyl (C=O) groups is 1. The Balaban J connectivity index is 1.31. The van der Waals surface area contributed by atoms with Crippen molar-refractivity contribution in [3.8, 4) is 5.75 Å². The predicted molar refractivity (Wildman–Crippen MR) is 142 cm³/mol. The Bertz CT molecular complexity index is 1200. The van der Waals surface area contributed by atoms with E-state index in [4.69, 9.17) is 4.74 Å². The molecule has 1 aliphatic heterocycles. The summed E-state index contributed by atoms with van der Waals surface area (Å²) in [5.74, 6) is 0.591. The maximum absolute atomic E-state index is 13.3. The highest BCUT2D eigenvalue weighted by atomic mass is 32.2. The monoisotopic (exact) mass is 527 g/mol. The number of rotatable bonds is 12. The summed E-state index contributed by atoms with van der Waals surface area (Å²) < 4.78 is 18.6. The van der Waals surface area contributed by atoms with Crippen molar-refractivity contribution in [2.24, 2.45) is 11.8 Å². The van der Waals surface area contributed by atoms with E-state index in [9.17, 15) is 19.4 Å². The fraction of sp³-hybridized carbons (Fsp3) is 0.464. The molecule has 7 nitrogen and oxygen atoms in total. The Morgan fingerprint density at radius 3 is 2.92 bits per heavy atom. The van der Waals surface area contributed by atoms with E-state index in [0.717, 1.165) is 61.1 Å². The van der Waals surface area contributed by atoms with E-state index in [-0.39, 0.29) is 18.3 Å². The zero-order valence-corrected chi connectivity index (χ0v) is 21.9. The molecule has 3 atom stereocenters. The Hall–Kier alpha value is -2.75. The van der Waals surface area contributed by atoms with Gasteiger partial charge in [-0.3, -0.25) is 9.78 Å². The molecule has 0 aliphatic carbocycles. The van der Waals surface area contributed by atoms with Crippen LogP contribution in [-0.2, 0) is 4.79 Å². The van der Waals surface area contributed by atoms with Crippen molar-refractivity contribution in [3.05, 3.63) is 60.2 Å². The van der Waals surface area contributed by atoms with Crippen molar-refractivity contribution in [1.82, 2.24) is 14.9 Å². The van der Waals surface area contributed by atoms with Gasteiger partial charge in [0.25, 0.3) is 0 Å². The van der Waals surface area contributed by atoms with Crippen LogP contribution in [0.3, 0.4) is 0 Å². The smallest absolute Gasteiger partial charge is 0.303 e. The lowest BCUT2D eigenvalue weighted by atomic mass is 9.79. The lowest BCUT2D eigenvalue weighted by molar-refractivity contribution is -0.139. The Morgan fingerprint density at radius 1 is 1.27 bits per heavy atom. The van der Waals surface area contributed by atoms with Gasteiger partial charge >= 0.3 is 5.97 Å². The van der Waals surface area contributed by atoms with E-state index in [1.165, 1.54) is 17.8 Å². The van der Waals surface area contributed by atoms with Crippen LogP contribution in [0.15, 0.2) is 53.7 Å². The van der Waals surface area contributed by atoms with E-state index in [1.807, 2.05) is 30.3 Å². The zero-order chi connectivity index (χ0) is 26.2. The van der Waals surface area contributed by atoms with E-state index in [0.29, 0.717) is 17.2 Å². The minimum atomic E-state index is -0.780. The fourth-order valence-electron chi connectivity index (χ4n) is 5.22. The molecule has 0 saturated carbocycles. The minimum Gasteiger partial charge on any atom is -0.497 e. The SMILES string of the molecule is COc1ccc2nccc([C@H](O)CC[C@@H]3CCN(CCCSc4cccc(F)n4)C[C@@H]3CC(=O)O)c2c1. The van der Waals surface area contributed by atoms with E-state index < -0.39 is 18.0 Å². The highest BCUT2D eigenvalue weighted by Crippen LogP contribution is 2.35. The molecule has 0 unspecified atom stereocenters. The first-order valence-electron chi connectivity index (χ1n) is 12.7. The van der Waals surface area contributed by atoms with Gasteiger partial charge in [0.2, 0.25) is 5.95 Å². The van der Waals surface area contributed by atoms with Gasteiger partial charge in [-0.25, -0.2) is 4.98 Å². The van der Waals surface area contributed by atoms with Gasteiger partial charge < -0.3 is 19.8 Å². The number of aliphatic hydroxyl groups excluding tert-OH is 1. The van der Waals surface area contributed by atoms with Gasteiger partial charge in [0.15, 0.2) is 0 Å². The maximum Gasteiger partial charge on any atom is 0.303 e. The number of aliphatic hydroxyl groups is 1. The van der Waals surface area contributed by atoms with Crippen LogP contribution >= 0.6 is 11.8 Å². The van der Waals surface area contributed by atoms with Crippen molar-refractivity contribution in [2.45, 2.75) is 43.2 Å². The first-order chi connectivity index (χ1) is 17.9. The number of benzene rings is 1. The molecule has 1 saturated heterocycles. The summed E-state index contributed by atoms with van der Waals surface area (Å²) in [6.45, 7) is 2.53. The van der Waals surface area contributed by atoms with E-state index in [2.05, 4.69) is 14.9 Å². The lowest BCUT2D eigenvalue weighted by Crippen LogP contribution is -2.42. The van der Waals surface area contributed by atoms with Crippen molar-refractivity contribution in [3.63, 3.8) is 0 Å². The number of thioether (sulfide) groups is 1. The lowest BCUT2D eigenvalue weighted by Gasteiger charge is -2.38. The Morgan fingerprint density at radius 2 is 2.14 bits per heavy atom. The number of aliphatic carboxylic acids is 1.